The molecule has 1 rings (SSSR count). The largest absolute Gasteiger partial charge is 0.370 e. The summed E-state index contributed by atoms with van der Waals surface area (Å²) in [5.41, 5.74) is 10.7. The van der Waals surface area contributed by atoms with Crippen LogP contribution in [0.3, 0.4) is 0 Å². The molecule has 0 aliphatic carbocycles. The third kappa shape index (κ3) is 3.63. The van der Waals surface area contributed by atoms with Crippen molar-refractivity contribution in [2.45, 2.75) is 32.2 Å². The van der Waals surface area contributed by atoms with Crippen LogP contribution in [0.15, 0.2) is 4.99 Å². The van der Waals surface area contributed by atoms with E-state index in [1.54, 1.807) is 0 Å². The van der Waals surface area contributed by atoms with Crippen molar-refractivity contribution in [3.05, 3.63) is 0 Å². The molecule has 0 radical (unpaired) electrons. The van der Waals surface area contributed by atoms with Crippen LogP contribution in [0.5, 0.6) is 0 Å². The molecule has 1 saturated heterocycles. The zero-order valence-corrected chi connectivity index (χ0v) is 8.37. The number of piperidine rings is 1. The summed E-state index contributed by atoms with van der Waals surface area (Å²) in [6.45, 7) is 5.68. The van der Waals surface area contributed by atoms with Crippen LogP contribution in [0.25, 0.3) is 0 Å². The number of aliphatic imine (C=N–C) groups is 1. The molecule has 0 unspecified atom stereocenters. The molecule has 1 aliphatic heterocycles. The number of nitrogens with zero attached hydrogens (tertiary/aromatic N) is 2. The highest BCUT2D eigenvalue weighted by Gasteiger charge is 2.17. The van der Waals surface area contributed by atoms with E-state index in [0.717, 1.165) is 25.9 Å². The molecule has 1 heterocycles. The lowest BCUT2D eigenvalue weighted by Crippen LogP contribution is -2.37. The van der Waals surface area contributed by atoms with E-state index in [1.165, 1.54) is 13.0 Å². The molecule has 0 saturated carbocycles. The van der Waals surface area contributed by atoms with Crippen molar-refractivity contribution in [2.24, 2.45) is 16.5 Å². The Bertz CT molecular complexity index is 166. The SMILES string of the molecule is CCCN1CCC(N=C(N)N)CC1. The molecule has 13 heavy (non-hydrogen) atoms. The Morgan fingerprint density at radius 3 is 2.46 bits per heavy atom. The van der Waals surface area contributed by atoms with Crippen LogP contribution in [0.4, 0.5) is 0 Å². The summed E-state index contributed by atoms with van der Waals surface area (Å²) in [5.74, 6) is 0.231. The lowest BCUT2D eigenvalue weighted by atomic mass is 10.1. The Morgan fingerprint density at radius 1 is 1.38 bits per heavy atom. The van der Waals surface area contributed by atoms with Gasteiger partial charge < -0.3 is 16.4 Å². The predicted molar refractivity (Wildman–Crippen MR) is 55.6 cm³/mol. The van der Waals surface area contributed by atoms with E-state index in [-0.39, 0.29) is 5.96 Å². The summed E-state index contributed by atoms with van der Waals surface area (Å²) >= 11 is 0. The fourth-order valence-corrected chi connectivity index (χ4v) is 1.80. The van der Waals surface area contributed by atoms with Crippen molar-refractivity contribution in [3.63, 3.8) is 0 Å². The minimum Gasteiger partial charge on any atom is -0.370 e. The second-order valence-electron chi connectivity index (χ2n) is 3.63. The number of guanidine groups is 1. The van der Waals surface area contributed by atoms with E-state index in [0.29, 0.717) is 6.04 Å². The second kappa shape index (κ2) is 5.07. The normalized spacial score (nSPS) is 20.1. The van der Waals surface area contributed by atoms with Gasteiger partial charge in [-0.3, -0.25) is 4.99 Å². The van der Waals surface area contributed by atoms with Gasteiger partial charge in [-0.2, -0.15) is 0 Å². The third-order valence-electron chi connectivity index (χ3n) is 2.43. The van der Waals surface area contributed by atoms with E-state index < -0.39 is 0 Å². The van der Waals surface area contributed by atoms with Gasteiger partial charge in [0, 0.05) is 13.1 Å². The first-order valence-electron chi connectivity index (χ1n) is 5.03. The molecule has 0 spiro atoms. The zero-order valence-electron chi connectivity index (χ0n) is 8.37. The van der Waals surface area contributed by atoms with Crippen molar-refractivity contribution >= 4 is 5.96 Å². The van der Waals surface area contributed by atoms with Gasteiger partial charge in [0.15, 0.2) is 5.96 Å². The summed E-state index contributed by atoms with van der Waals surface area (Å²) in [4.78, 5) is 6.65. The average Bonchev–Trinajstić information content (AvgIpc) is 2.08. The number of nitrogens with two attached hydrogens (primary N) is 2. The van der Waals surface area contributed by atoms with Crippen LogP contribution >= 0.6 is 0 Å². The molecule has 1 aliphatic rings. The van der Waals surface area contributed by atoms with E-state index in [9.17, 15) is 0 Å². The van der Waals surface area contributed by atoms with Gasteiger partial charge >= 0.3 is 0 Å². The smallest absolute Gasteiger partial charge is 0.186 e. The van der Waals surface area contributed by atoms with Gasteiger partial charge in [0.1, 0.15) is 0 Å². The summed E-state index contributed by atoms with van der Waals surface area (Å²) in [7, 11) is 0. The standard InChI is InChI=1S/C9H20N4/c1-2-5-13-6-3-8(4-7-13)12-9(10)11/h8H,2-7H2,1H3,(H4,10,11,12). The van der Waals surface area contributed by atoms with E-state index in [2.05, 4.69) is 16.8 Å². The summed E-state index contributed by atoms with van der Waals surface area (Å²) in [5, 5.41) is 0. The molecule has 0 atom stereocenters. The highest BCUT2D eigenvalue weighted by Crippen LogP contribution is 2.13. The van der Waals surface area contributed by atoms with Gasteiger partial charge in [0.25, 0.3) is 0 Å². The first-order chi connectivity index (χ1) is 6.22. The van der Waals surface area contributed by atoms with Crippen LogP contribution in [-0.4, -0.2) is 36.5 Å². The summed E-state index contributed by atoms with van der Waals surface area (Å²) in [6.07, 6.45) is 3.42. The lowest BCUT2D eigenvalue weighted by molar-refractivity contribution is 0.214. The van der Waals surface area contributed by atoms with Crippen LogP contribution in [0.1, 0.15) is 26.2 Å². The average molecular weight is 184 g/mol. The highest BCUT2D eigenvalue weighted by molar-refractivity contribution is 5.75. The van der Waals surface area contributed by atoms with Gasteiger partial charge in [-0.05, 0) is 25.8 Å². The van der Waals surface area contributed by atoms with Crippen LogP contribution < -0.4 is 11.5 Å². The third-order valence-corrected chi connectivity index (χ3v) is 2.43. The van der Waals surface area contributed by atoms with E-state index >= 15 is 0 Å². The minimum absolute atomic E-state index is 0.231. The van der Waals surface area contributed by atoms with Gasteiger partial charge in [0.2, 0.25) is 0 Å². The van der Waals surface area contributed by atoms with E-state index in [4.69, 9.17) is 11.5 Å². The number of hydrogen-bond donors (Lipinski definition) is 2. The number of hydrogen-bond acceptors (Lipinski definition) is 2. The Morgan fingerprint density at radius 2 is 2.00 bits per heavy atom. The molecule has 4 heteroatoms. The molecule has 0 aromatic carbocycles. The molecule has 0 aromatic rings. The number of likely N-dealkylation sites (tertiary alicyclic amines) is 1. The minimum atomic E-state index is 0.231. The van der Waals surface area contributed by atoms with E-state index in [1.807, 2.05) is 0 Å². The fraction of sp³-hybridized carbons (Fsp3) is 0.889. The Labute approximate surface area is 80.0 Å². The molecule has 0 amide bonds. The molecule has 76 valence electrons. The molecule has 4 N–H and O–H groups in total. The first-order valence-corrected chi connectivity index (χ1v) is 5.03. The molecule has 1 fully saturated rings. The number of rotatable bonds is 3. The second-order valence-corrected chi connectivity index (χ2v) is 3.63. The maximum atomic E-state index is 5.33. The van der Waals surface area contributed by atoms with Crippen molar-refractivity contribution in [3.8, 4) is 0 Å². The summed E-state index contributed by atoms with van der Waals surface area (Å²) in [6, 6.07) is 0.359. The van der Waals surface area contributed by atoms with Gasteiger partial charge in [-0.25, -0.2) is 0 Å². The van der Waals surface area contributed by atoms with Crippen molar-refractivity contribution in [1.29, 1.82) is 0 Å². The maximum absolute atomic E-state index is 5.33. The molecular weight excluding hydrogens is 164 g/mol. The molecule has 0 bridgehead atoms. The first kappa shape index (κ1) is 10.3. The Hall–Kier alpha value is -0.770. The molecular formula is C9H20N4. The van der Waals surface area contributed by atoms with Crippen molar-refractivity contribution in [1.82, 2.24) is 4.90 Å². The Balaban J connectivity index is 2.26. The van der Waals surface area contributed by atoms with Gasteiger partial charge in [-0.1, -0.05) is 6.92 Å². The zero-order chi connectivity index (χ0) is 9.68. The topological polar surface area (TPSA) is 67.6 Å². The monoisotopic (exact) mass is 184 g/mol. The van der Waals surface area contributed by atoms with Crippen molar-refractivity contribution in [2.75, 3.05) is 19.6 Å². The highest BCUT2D eigenvalue weighted by atomic mass is 15.1. The molecule has 4 nitrogen and oxygen atoms in total. The van der Waals surface area contributed by atoms with Gasteiger partial charge in [-0.15, -0.1) is 0 Å². The van der Waals surface area contributed by atoms with Crippen LogP contribution in [0, 0.1) is 0 Å². The summed E-state index contributed by atoms with van der Waals surface area (Å²) < 4.78 is 0. The quantitative estimate of drug-likeness (QED) is 0.484. The molecule has 0 aromatic heterocycles. The van der Waals surface area contributed by atoms with Crippen molar-refractivity contribution < 1.29 is 0 Å². The Kier molecular flexibility index (Phi) is 4.02. The fourth-order valence-electron chi connectivity index (χ4n) is 1.80. The van der Waals surface area contributed by atoms with Gasteiger partial charge in [0.05, 0.1) is 6.04 Å². The predicted octanol–water partition coefficient (Wildman–Crippen LogP) is 0.134. The maximum Gasteiger partial charge on any atom is 0.186 e. The van der Waals surface area contributed by atoms with Crippen LogP contribution in [-0.2, 0) is 0 Å². The van der Waals surface area contributed by atoms with Crippen LogP contribution in [0.2, 0.25) is 0 Å². The lowest BCUT2D eigenvalue weighted by Gasteiger charge is -2.29.